The molecule has 3 amide bonds. The van der Waals surface area contributed by atoms with E-state index in [0.29, 0.717) is 18.5 Å². The van der Waals surface area contributed by atoms with Crippen molar-refractivity contribution < 1.29 is 32.3 Å². The zero-order valence-corrected chi connectivity index (χ0v) is 19.4. The molecule has 1 aliphatic heterocycles. The number of imide groups is 1. The van der Waals surface area contributed by atoms with Crippen LogP contribution >= 0.6 is 0 Å². The van der Waals surface area contributed by atoms with Crippen LogP contribution in [0, 0.1) is 0 Å². The lowest BCUT2D eigenvalue weighted by molar-refractivity contribution is -0.132. The van der Waals surface area contributed by atoms with Crippen LogP contribution in [0.5, 0.6) is 5.75 Å². The normalized spacial score (nSPS) is 18.3. The monoisotopic (exact) mass is 485 g/mol. The first-order chi connectivity index (χ1) is 16.1. The summed E-state index contributed by atoms with van der Waals surface area (Å²) in [7, 11) is -4.09. The van der Waals surface area contributed by atoms with Gasteiger partial charge < -0.3 is 10.1 Å². The molecule has 10 nitrogen and oxygen atoms in total. The van der Waals surface area contributed by atoms with Crippen molar-refractivity contribution in [2.75, 3.05) is 10.2 Å². The van der Waals surface area contributed by atoms with E-state index in [1.165, 1.54) is 62.4 Å². The minimum absolute atomic E-state index is 0.0297. The van der Waals surface area contributed by atoms with Gasteiger partial charge in [0.05, 0.1) is 17.0 Å². The molecule has 1 saturated carbocycles. The van der Waals surface area contributed by atoms with Gasteiger partial charge in [-0.05, 0) is 61.4 Å². The Morgan fingerprint density at radius 2 is 1.62 bits per heavy atom. The Morgan fingerprint density at radius 1 is 1.00 bits per heavy atom. The smallest absolute Gasteiger partial charge is 0.308 e. The first kappa shape index (κ1) is 23.6. The molecule has 0 radical (unpaired) electrons. The molecule has 178 valence electrons. The highest BCUT2D eigenvalue weighted by Gasteiger charge is 2.51. The lowest BCUT2D eigenvalue weighted by atomic mass is 10.2. The molecule has 1 heterocycles. The molecular weight excluding hydrogens is 462 g/mol. The predicted molar refractivity (Wildman–Crippen MR) is 121 cm³/mol. The Kier molecular flexibility index (Phi) is 6.24. The Bertz CT molecular complexity index is 1250. The molecule has 0 aromatic heterocycles. The van der Waals surface area contributed by atoms with Crippen LogP contribution in [0.15, 0.2) is 53.4 Å². The summed E-state index contributed by atoms with van der Waals surface area (Å²) in [4.78, 5) is 49.3. The van der Waals surface area contributed by atoms with E-state index in [0.717, 1.165) is 9.21 Å². The van der Waals surface area contributed by atoms with Gasteiger partial charge in [-0.2, -0.15) is 4.31 Å². The highest BCUT2D eigenvalue weighted by molar-refractivity contribution is 7.89. The number of esters is 1. The molecule has 1 unspecified atom stereocenters. The molecule has 4 rings (SSSR count). The van der Waals surface area contributed by atoms with Crippen molar-refractivity contribution in [1.29, 1.82) is 0 Å². The van der Waals surface area contributed by atoms with Gasteiger partial charge in [0, 0.05) is 25.6 Å². The summed E-state index contributed by atoms with van der Waals surface area (Å²) in [6.45, 7) is 2.60. The van der Waals surface area contributed by atoms with Gasteiger partial charge in [0.1, 0.15) is 11.8 Å². The van der Waals surface area contributed by atoms with Crippen molar-refractivity contribution in [3.63, 3.8) is 0 Å². The third kappa shape index (κ3) is 4.70. The summed E-state index contributed by atoms with van der Waals surface area (Å²) in [6.07, 6.45) is 0.917. The van der Waals surface area contributed by atoms with E-state index in [1.807, 2.05) is 0 Å². The molecule has 2 aliphatic rings. The van der Waals surface area contributed by atoms with Gasteiger partial charge in [0.25, 0.3) is 5.91 Å². The topological polar surface area (TPSA) is 130 Å². The molecule has 1 saturated heterocycles. The molecule has 1 aliphatic carbocycles. The highest BCUT2D eigenvalue weighted by Crippen LogP contribution is 2.38. The third-order valence-electron chi connectivity index (χ3n) is 5.44. The zero-order valence-electron chi connectivity index (χ0n) is 18.6. The second-order valence-corrected chi connectivity index (χ2v) is 9.99. The van der Waals surface area contributed by atoms with Gasteiger partial charge in [0.2, 0.25) is 21.8 Å². The maximum atomic E-state index is 13.5. The van der Waals surface area contributed by atoms with Crippen LogP contribution in [-0.4, -0.2) is 48.5 Å². The molecule has 0 spiro atoms. The summed E-state index contributed by atoms with van der Waals surface area (Å²) in [5.41, 5.74) is 0.709. The molecule has 1 N–H and O–H groups in total. The van der Waals surface area contributed by atoms with Crippen molar-refractivity contribution in [3.05, 3.63) is 48.5 Å². The van der Waals surface area contributed by atoms with E-state index < -0.39 is 33.8 Å². The quantitative estimate of drug-likeness (QED) is 0.361. The van der Waals surface area contributed by atoms with E-state index in [1.54, 1.807) is 0 Å². The number of hydrogen-bond acceptors (Lipinski definition) is 7. The maximum Gasteiger partial charge on any atom is 0.308 e. The largest absolute Gasteiger partial charge is 0.427 e. The standard InChI is InChI=1S/C23H23N3O7S/c1-14(27)24-16-3-11-20(12-4-16)34(31,32)26(18-5-6-18)21-13-22(29)25(23(21)30)17-7-9-19(10-8-17)33-15(2)28/h3-4,7-12,18,21H,5-6,13H2,1-2H3,(H,24,27). The lowest BCUT2D eigenvalue weighted by Crippen LogP contribution is -2.46. The lowest BCUT2D eigenvalue weighted by Gasteiger charge is -2.27. The van der Waals surface area contributed by atoms with E-state index in [9.17, 15) is 27.6 Å². The van der Waals surface area contributed by atoms with Crippen LogP contribution in [0.2, 0.25) is 0 Å². The van der Waals surface area contributed by atoms with Crippen LogP contribution in [0.25, 0.3) is 0 Å². The second kappa shape index (κ2) is 8.99. The second-order valence-electron chi connectivity index (χ2n) is 8.15. The number of ether oxygens (including phenoxy) is 1. The number of sulfonamides is 1. The average molecular weight is 486 g/mol. The van der Waals surface area contributed by atoms with Crippen LogP contribution in [0.3, 0.4) is 0 Å². The van der Waals surface area contributed by atoms with E-state index in [4.69, 9.17) is 4.74 Å². The predicted octanol–water partition coefficient (Wildman–Crippen LogP) is 2.06. The summed E-state index contributed by atoms with van der Waals surface area (Å²) in [6, 6.07) is 9.98. The minimum Gasteiger partial charge on any atom is -0.427 e. The van der Waals surface area contributed by atoms with Crippen LogP contribution < -0.4 is 15.0 Å². The first-order valence-corrected chi connectivity index (χ1v) is 12.1. The highest BCUT2D eigenvalue weighted by atomic mass is 32.2. The Labute approximate surface area is 196 Å². The van der Waals surface area contributed by atoms with Crippen molar-refractivity contribution in [3.8, 4) is 5.75 Å². The van der Waals surface area contributed by atoms with Gasteiger partial charge in [-0.1, -0.05) is 0 Å². The van der Waals surface area contributed by atoms with Crippen molar-refractivity contribution >= 4 is 45.1 Å². The molecule has 2 aromatic rings. The first-order valence-electron chi connectivity index (χ1n) is 10.6. The zero-order chi connectivity index (χ0) is 24.6. The number of amides is 3. The number of anilines is 2. The third-order valence-corrected chi connectivity index (χ3v) is 7.42. The summed E-state index contributed by atoms with van der Waals surface area (Å²) < 4.78 is 33.1. The summed E-state index contributed by atoms with van der Waals surface area (Å²) in [5, 5.41) is 2.57. The molecule has 0 bridgehead atoms. The maximum absolute atomic E-state index is 13.5. The summed E-state index contributed by atoms with van der Waals surface area (Å²) in [5.74, 6) is -1.67. The van der Waals surface area contributed by atoms with Gasteiger partial charge in [0.15, 0.2) is 0 Å². The van der Waals surface area contributed by atoms with Crippen LogP contribution in [0.1, 0.15) is 33.1 Å². The number of nitrogens with one attached hydrogen (secondary N) is 1. The fourth-order valence-electron chi connectivity index (χ4n) is 3.90. The number of hydrogen-bond donors (Lipinski definition) is 1. The van der Waals surface area contributed by atoms with Gasteiger partial charge in [-0.15, -0.1) is 0 Å². The number of rotatable bonds is 7. The minimum atomic E-state index is -4.09. The molecule has 2 aromatic carbocycles. The molecular formula is C23H23N3O7S. The Hall–Kier alpha value is -3.57. The molecule has 34 heavy (non-hydrogen) atoms. The van der Waals surface area contributed by atoms with Gasteiger partial charge in [-0.3, -0.25) is 19.2 Å². The van der Waals surface area contributed by atoms with E-state index >= 15 is 0 Å². The fraction of sp³-hybridized carbons (Fsp3) is 0.304. The van der Waals surface area contributed by atoms with Gasteiger partial charge in [-0.25, -0.2) is 13.3 Å². The Morgan fingerprint density at radius 3 is 2.15 bits per heavy atom. The van der Waals surface area contributed by atoms with Crippen LogP contribution in [0.4, 0.5) is 11.4 Å². The van der Waals surface area contributed by atoms with Gasteiger partial charge >= 0.3 is 5.97 Å². The molecule has 1 atom stereocenters. The van der Waals surface area contributed by atoms with E-state index in [2.05, 4.69) is 5.32 Å². The average Bonchev–Trinajstić information content (AvgIpc) is 3.54. The number of carbonyl (C=O) groups excluding carboxylic acids is 4. The van der Waals surface area contributed by atoms with Crippen molar-refractivity contribution in [2.45, 2.75) is 50.1 Å². The number of benzene rings is 2. The molecule has 2 fully saturated rings. The SMILES string of the molecule is CC(=O)Nc1ccc(S(=O)(=O)N(C2CC2)C2CC(=O)N(c3ccc(OC(C)=O)cc3)C2=O)cc1. The van der Waals surface area contributed by atoms with E-state index in [-0.39, 0.29) is 34.7 Å². The summed E-state index contributed by atoms with van der Waals surface area (Å²) >= 11 is 0. The number of carbonyl (C=O) groups is 4. The fourth-order valence-corrected chi connectivity index (χ4v) is 5.72. The van der Waals surface area contributed by atoms with Crippen molar-refractivity contribution in [2.24, 2.45) is 0 Å². The Balaban J connectivity index is 1.60. The van der Waals surface area contributed by atoms with Crippen LogP contribution in [-0.2, 0) is 29.2 Å². The molecule has 11 heteroatoms. The number of nitrogens with zero attached hydrogens (tertiary/aromatic N) is 2. The van der Waals surface area contributed by atoms with Crippen molar-refractivity contribution in [1.82, 2.24) is 4.31 Å².